The normalized spacial score (nSPS) is 14.5. The minimum Gasteiger partial charge on any atom is -0.372 e. The van der Waals surface area contributed by atoms with Crippen molar-refractivity contribution in [2.45, 2.75) is 0 Å². The van der Waals surface area contributed by atoms with Crippen molar-refractivity contribution in [3.63, 3.8) is 0 Å². The van der Waals surface area contributed by atoms with Gasteiger partial charge in [0.2, 0.25) is 5.91 Å². The largest absolute Gasteiger partial charge is 0.372 e. The van der Waals surface area contributed by atoms with Crippen LogP contribution in [0.15, 0.2) is 16.6 Å². The maximum Gasteiger partial charge on any atom is 0.243 e. The number of hydrogen-bond acceptors (Lipinski definition) is 2. The summed E-state index contributed by atoms with van der Waals surface area (Å²) < 4.78 is 13.8. The number of amides is 1. The summed E-state index contributed by atoms with van der Waals surface area (Å²) in [7, 11) is 0. The molecule has 1 amide bonds. The lowest BCUT2D eigenvalue weighted by Gasteiger charge is -2.20. The van der Waals surface area contributed by atoms with Crippen LogP contribution >= 0.6 is 15.9 Å². The van der Waals surface area contributed by atoms with E-state index in [4.69, 9.17) is 0 Å². The maximum absolute atomic E-state index is 13.1. The van der Waals surface area contributed by atoms with E-state index in [1.807, 2.05) is 0 Å². The Kier molecular flexibility index (Phi) is 1.95. The lowest BCUT2D eigenvalue weighted by molar-refractivity contribution is -0.114. The van der Waals surface area contributed by atoms with Crippen LogP contribution in [0.2, 0.25) is 0 Å². The molecule has 0 bridgehead atoms. The lowest BCUT2D eigenvalue weighted by atomic mass is 10.2. The van der Waals surface area contributed by atoms with Gasteiger partial charge in [0.05, 0.1) is 17.9 Å². The Labute approximate surface area is 82.4 Å². The summed E-state index contributed by atoms with van der Waals surface area (Å²) in [5.41, 5.74) is 0.810. The SMILES string of the molecule is O=C1CNc2c(F)ccc(Br)c2N1. The minimum absolute atomic E-state index is 0.111. The van der Waals surface area contributed by atoms with Crippen molar-refractivity contribution in [1.82, 2.24) is 0 Å². The molecule has 13 heavy (non-hydrogen) atoms. The van der Waals surface area contributed by atoms with Gasteiger partial charge in [-0.3, -0.25) is 4.79 Å². The Bertz CT molecular complexity index is 381. The molecule has 2 rings (SSSR count). The quantitative estimate of drug-likeness (QED) is 0.733. The second-order valence-corrected chi connectivity index (χ2v) is 3.54. The first-order valence-electron chi connectivity index (χ1n) is 3.70. The zero-order valence-corrected chi connectivity index (χ0v) is 8.11. The number of carbonyl (C=O) groups is 1. The third-order valence-corrected chi connectivity index (χ3v) is 2.45. The topological polar surface area (TPSA) is 41.1 Å². The molecular weight excluding hydrogens is 239 g/mol. The van der Waals surface area contributed by atoms with E-state index in [0.29, 0.717) is 15.8 Å². The number of halogens is 2. The summed E-state index contributed by atoms with van der Waals surface area (Å²) in [6.45, 7) is 0.111. The van der Waals surface area contributed by atoms with Gasteiger partial charge in [0.15, 0.2) is 0 Å². The molecule has 0 spiro atoms. The van der Waals surface area contributed by atoms with Crippen LogP contribution in [-0.2, 0) is 4.79 Å². The molecule has 0 saturated carbocycles. The first-order valence-corrected chi connectivity index (χ1v) is 4.49. The fourth-order valence-corrected chi connectivity index (χ4v) is 1.63. The van der Waals surface area contributed by atoms with Gasteiger partial charge in [0, 0.05) is 4.47 Å². The monoisotopic (exact) mass is 244 g/mol. The summed E-state index contributed by atoms with van der Waals surface area (Å²) in [6.07, 6.45) is 0. The third-order valence-electron chi connectivity index (χ3n) is 1.79. The molecule has 68 valence electrons. The highest BCUT2D eigenvalue weighted by Gasteiger charge is 2.19. The van der Waals surface area contributed by atoms with E-state index in [2.05, 4.69) is 26.6 Å². The van der Waals surface area contributed by atoms with Gasteiger partial charge >= 0.3 is 0 Å². The average molecular weight is 245 g/mol. The Morgan fingerprint density at radius 1 is 1.38 bits per heavy atom. The molecule has 0 saturated heterocycles. The predicted molar refractivity (Wildman–Crippen MR) is 51.2 cm³/mol. The van der Waals surface area contributed by atoms with Crippen LogP contribution in [0.5, 0.6) is 0 Å². The van der Waals surface area contributed by atoms with E-state index >= 15 is 0 Å². The molecule has 0 aliphatic carbocycles. The Morgan fingerprint density at radius 2 is 2.15 bits per heavy atom. The molecule has 3 nitrogen and oxygen atoms in total. The van der Waals surface area contributed by atoms with Crippen LogP contribution in [0.1, 0.15) is 0 Å². The second kappa shape index (κ2) is 2.99. The van der Waals surface area contributed by atoms with Crippen molar-refractivity contribution in [3.05, 3.63) is 22.4 Å². The lowest BCUT2D eigenvalue weighted by Crippen LogP contribution is -2.28. The minimum atomic E-state index is -0.363. The zero-order valence-electron chi connectivity index (χ0n) is 6.53. The first-order chi connectivity index (χ1) is 6.18. The van der Waals surface area contributed by atoms with Gasteiger partial charge in [0.25, 0.3) is 0 Å². The highest BCUT2D eigenvalue weighted by atomic mass is 79.9. The number of carbonyl (C=O) groups excluding carboxylic acids is 1. The number of hydrogen-bond donors (Lipinski definition) is 2. The first kappa shape index (κ1) is 8.50. The van der Waals surface area contributed by atoms with E-state index in [0.717, 1.165) is 0 Å². The molecule has 0 aromatic heterocycles. The van der Waals surface area contributed by atoms with E-state index in [1.165, 1.54) is 6.07 Å². The predicted octanol–water partition coefficient (Wildman–Crippen LogP) is 1.95. The molecular formula is C8H6BrFN2O. The van der Waals surface area contributed by atoms with E-state index in [-0.39, 0.29) is 18.3 Å². The fourth-order valence-electron chi connectivity index (χ4n) is 1.20. The van der Waals surface area contributed by atoms with Gasteiger partial charge in [-0.25, -0.2) is 4.39 Å². The van der Waals surface area contributed by atoms with Crippen LogP contribution in [0.4, 0.5) is 15.8 Å². The Balaban J connectivity index is 2.57. The molecule has 1 aromatic rings. The molecule has 1 aliphatic rings. The van der Waals surface area contributed by atoms with Gasteiger partial charge in [-0.15, -0.1) is 0 Å². The van der Waals surface area contributed by atoms with Crippen molar-refractivity contribution in [2.24, 2.45) is 0 Å². The highest BCUT2D eigenvalue weighted by Crippen LogP contribution is 2.34. The van der Waals surface area contributed by atoms with Crippen molar-refractivity contribution >= 4 is 33.2 Å². The molecule has 5 heteroatoms. The van der Waals surface area contributed by atoms with Crippen molar-refractivity contribution < 1.29 is 9.18 Å². The number of nitrogens with one attached hydrogen (secondary N) is 2. The fraction of sp³-hybridized carbons (Fsp3) is 0.125. The Morgan fingerprint density at radius 3 is 2.92 bits per heavy atom. The molecule has 0 unspecified atom stereocenters. The standard InChI is InChI=1S/C8H6BrFN2O/c9-4-1-2-5(10)8-7(4)12-6(13)3-11-8/h1-2,11H,3H2,(H,12,13). The summed E-state index contributed by atoms with van der Waals surface area (Å²) in [5, 5.41) is 5.29. The van der Waals surface area contributed by atoms with Crippen molar-refractivity contribution in [2.75, 3.05) is 17.2 Å². The zero-order chi connectivity index (χ0) is 9.42. The average Bonchev–Trinajstić information content (AvgIpc) is 2.12. The van der Waals surface area contributed by atoms with Crippen molar-refractivity contribution in [3.8, 4) is 0 Å². The van der Waals surface area contributed by atoms with E-state index < -0.39 is 0 Å². The summed E-state index contributed by atoms with van der Waals surface area (Å²) >= 11 is 3.22. The number of benzene rings is 1. The number of anilines is 2. The molecule has 0 atom stereocenters. The number of fused-ring (bicyclic) bond motifs is 1. The van der Waals surface area contributed by atoms with Crippen LogP contribution < -0.4 is 10.6 Å². The van der Waals surface area contributed by atoms with Gasteiger partial charge in [-0.2, -0.15) is 0 Å². The molecule has 1 aromatic carbocycles. The van der Waals surface area contributed by atoms with Gasteiger partial charge in [-0.05, 0) is 28.1 Å². The molecule has 1 aliphatic heterocycles. The second-order valence-electron chi connectivity index (χ2n) is 2.68. The Hall–Kier alpha value is -1.10. The molecule has 0 radical (unpaired) electrons. The molecule has 0 fully saturated rings. The summed E-state index contributed by atoms with van der Waals surface area (Å²) in [5.74, 6) is -0.531. The summed E-state index contributed by atoms with van der Waals surface area (Å²) in [4.78, 5) is 11.0. The maximum atomic E-state index is 13.1. The van der Waals surface area contributed by atoms with E-state index in [9.17, 15) is 9.18 Å². The van der Waals surface area contributed by atoms with Crippen LogP contribution in [0, 0.1) is 5.82 Å². The van der Waals surface area contributed by atoms with E-state index in [1.54, 1.807) is 6.07 Å². The third kappa shape index (κ3) is 1.39. The van der Waals surface area contributed by atoms with Crippen LogP contribution in [0.3, 0.4) is 0 Å². The van der Waals surface area contributed by atoms with Gasteiger partial charge in [0.1, 0.15) is 5.82 Å². The molecule has 2 N–H and O–H groups in total. The smallest absolute Gasteiger partial charge is 0.243 e. The van der Waals surface area contributed by atoms with Gasteiger partial charge in [-0.1, -0.05) is 0 Å². The van der Waals surface area contributed by atoms with Crippen LogP contribution in [-0.4, -0.2) is 12.5 Å². The van der Waals surface area contributed by atoms with Crippen LogP contribution in [0.25, 0.3) is 0 Å². The summed E-state index contributed by atoms with van der Waals surface area (Å²) in [6, 6.07) is 2.90. The number of rotatable bonds is 0. The molecule has 1 heterocycles. The van der Waals surface area contributed by atoms with Gasteiger partial charge < -0.3 is 10.6 Å². The van der Waals surface area contributed by atoms with Crippen molar-refractivity contribution in [1.29, 1.82) is 0 Å². The highest BCUT2D eigenvalue weighted by molar-refractivity contribution is 9.10.